The first kappa shape index (κ1) is 15.1. The third-order valence-corrected chi connectivity index (χ3v) is 3.46. The van der Waals surface area contributed by atoms with Crippen molar-refractivity contribution in [3.05, 3.63) is 23.8 Å². The molecule has 0 radical (unpaired) electrons. The molecule has 1 aromatic rings. The molecule has 112 valence electrons. The van der Waals surface area contributed by atoms with Crippen LogP contribution >= 0.6 is 0 Å². The molecule has 4 N–H and O–H groups in total. The molecule has 2 atom stereocenters. The summed E-state index contributed by atoms with van der Waals surface area (Å²) < 4.78 is 11.3. The highest BCUT2D eigenvalue weighted by Gasteiger charge is 2.16. The Kier molecular flexibility index (Phi) is 5.64. The molecule has 0 saturated heterocycles. The fourth-order valence-electron chi connectivity index (χ4n) is 2.32. The minimum atomic E-state index is 0.0497. The van der Waals surface area contributed by atoms with Gasteiger partial charge in [0.2, 0.25) is 0 Å². The number of nitrogens with one attached hydrogen (secondary N) is 1. The zero-order chi connectivity index (χ0) is 14.4. The van der Waals surface area contributed by atoms with E-state index in [1.165, 1.54) is 0 Å². The lowest BCUT2D eigenvalue weighted by atomic mass is 10.0. The summed E-state index contributed by atoms with van der Waals surface area (Å²) in [7, 11) is 0. The van der Waals surface area contributed by atoms with E-state index in [0.29, 0.717) is 26.2 Å². The minimum Gasteiger partial charge on any atom is -0.490 e. The van der Waals surface area contributed by atoms with Gasteiger partial charge in [0.15, 0.2) is 11.5 Å². The Balaban J connectivity index is 2.11. The second-order valence-corrected chi connectivity index (χ2v) is 5.12. The second-order valence-electron chi connectivity index (χ2n) is 5.12. The number of benzene rings is 1. The second kappa shape index (κ2) is 7.47. The number of fused-ring (bicyclic) bond motifs is 1. The average molecular weight is 280 g/mol. The third kappa shape index (κ3) is 3.85. The molecule has 0 aliphatic carbocycles. The maximum Gasteiger partial charge on any atom is 0.161 e. The summed E-state index contributed by atoms with van der Waals surface area (Å²) in [6.07, 6.45) is 1.61. The molecule has 0 fully saturated rings. The van der Waals surface area contributed by atoms with E-state index in [1.54, 1.807) is 0 Å². The topological polar surface area (TPSA) is 76.7 Å². The van der Waals surface area contributed by atoms with Crippen LogP contribution in [0.1, 0.15) is 31.4 Å². The summed E-state index contributed by atoms with van der Waals surface area (Å²) >= 11 is 0. The van der Waals surface area contributed by atoms with E-state index in [2.05, 4.69) is 5.32 Å². The Hall–Kier alpha value is -1.30. The van der Waals surface area contributed by atoms with Crippen LogP contribution in [0.2, 0.25) is 0 Å². The maximum atomic E-state index is 8.97. The van der Waals surface area contributed by atoms with Gasteiger partial charge in [-0.1, -0.05) is 6.07 Å². The molecule has 0 spiro atoms. The third-order valence-electron chi connectivity index (χ3n) is 3.46. The lowest BCUT2D eigenvalue weighted by Gasteiger charge is -2.23. The van der Waals surface area contributed by atoms with Crippen LogP contribution in [0.4, 0.5) is 0 Å². The van der Waals surface area contributed by atoms with Gasteiger partial charge in [-0.3, -0.25) is 0 Å². The van der Waals surface area contributed by atoms with Gasteiger partial charge in [-0.05, 0) is 31.0 Å². The summed E-state index contributed by atoms with van der Waals surface area (Å²) in [5.74, 6) is 1.58. The number of rotatable bonds is 6. The number of ether oxygens (including phenoxy) is 2. The van der Waals surface area contributed by atoms with E-state index in [0.717, 1.165) is 23.5 Å². The quantitative estimate of drug-likeness (QED) is 0.730. The Labute approximate surface area is 120 Å². The van der Waals surface area contributed by atoms with Crippen molar-refractivity contribution in [2.45, 2.75) is 31.8 Å². The van der Waals surface area contributed by atoms with Gasteiger partial charge in [0, 0.05) is 31.7 Å². The predicted molar refractivity (Wildman–Crippen MR) is 78.1 cm³/mol. The van der Waals surface area contributed by atoms with E-state index in [9.17, 15) is 0 Å². The van der Waals surface area contributed by atoms with Crippen LogP contribution < -0.4 is 20.5 Å². The molecule has 0 aromatic heterocycles. The first-order valence-electron chi connectivity index (χ1n) is 7.21. The van der Waals surface area contributed by atoms with E-state index >= 15 is 0 Å². The summed E-state index contributed by atoms with van der Waals surface area (Å²) in [6, 6.07) is 6.22. The van der Waals surface area contributed by atoms with Crippen molar-refractivity contribution in [3.63, 3.8) is 0 Å². The molecule has 1 aromatic carbocycles. The Morgan fingerprint density at radius 3 is 2.75 bits per heavy atom. The Morgan fingerprint density at radius 1 is 1.30 bits per heavy atom. The molecule has 1 heterocycles. The molecule has 1 aliphatic rings. The highest BCUT2D eigenvalue weighted by atomic mass is 16.5. The van der Waals surface area contributed by atoms with Crippen LogP contribution in [-0.4, -0.2) is 37.5 Å². The van der Waals surface area contributed by atoms with Gasteiger partial charge in [0.25, 0.3) is 0 Å². The molecular weight excluding hydrogens is 256 g/mol. The Morgan fingerprint density at radius 2 is 2.05 bits per heavy atom. The first-order valence-corrected chi connectivity index (χ1v) is 7.21. The standard InChI is InChI=1S/C15H24N2O3/c1-11(5-6-18)17-13(10-16)12-3-4-14-15(9-12)20-8-2-7-19-14/h3-4,9,11,13,17-18H,2,5-8,10,16H2,1H3. The van der Waals surface area contributed by atoms with Crippen molar-refractivity contribution in [2.24, 2.45) is 5.73 Å². The molecular formula is C15H24N2O3. The van der Waals surface area contributed by atoms with Crippen LogP contribution in [-0.2, 0) is 0 Å². The average Bonchev–Trinajstić information content (AvgIpc) is 2.69. The van der Waals surface area contributed by atoms with E-state index in [-0.39, 0.29) is 18.7 Å². The minimum absolute atomic E-state index is 0.0497. The molecule has 5 nitrogen and oxygen atoms in total. The zero-order valence-electron chi connectivity index (χ0n) is 12.0. The lowest BCUT2D eigenvalue weighted by Crippen LogP contribution is -2.35. The molecule has 20 heavy (non-hydrogen) atoms. The monoisotopic (exact) mass is 280 g/mol. The molecule has 5 heteroatoms. The van der Waals surface area contributed by atoms with Crippen molar-refractivity contribution in [1.29, 1.82) is 0 Å². The summed E-state index contributed by atoms with van der Waals surface area (Å²) in [4.78, 5) is 0. The normalized spacial score (nSPS) is 17.4. The van der Waals surface area contributed by atoms with Crippen LogP contribution in [0.3, 0.4) is 0 Å². The molecule has 1 aliphatic heterocycles. The molecule has 2 rings (SSSR count). The SMILES string of the molecule is CC(CCO)NC(CN)c1ccc2c(c1)OCCCO2. The molecule has 0 amide bonds. The van der Waals surface area contributed by atoms with Crippen molar-refractivity contribution in [2.75, 3.05) is 26.4 Å². The van der Waals surface area contributed by atoms with Gasteiger partial charge in [-0.25, -0.2) is 0 Å². The van der Waals surface area contributed by atoms with E-state index in [4.69, 9.17) is 20.3 Å². The number of hydrogen-bond donors (Lipinski definition) is 3. The van der Waals surface area contributed by atoms with Crippen LogP contribution in [0.15, 0.2) is 18.2 Å². The predicted octanol–water partition coefficient (Wildman–Crippen LogP) is 1.21. The van der Waals surface area contributed by atoms with Gasteiger partial charge in [0.1, 0.15) is 0 Å². The van der Waals surface area contributed by atoms with E-state index < -0.39 is 0 Å². The van der Waals surface area contributed by atoms with Crippen molar-refractivity contribution in [1.82, 2.24) is 5.32 Å². The highest BCUT2D eigenvalue weighted by molar-refractivity contribution is 5.44. The Bertz CT molecular complexity index is 426. The van der Waals surface area contributed by atoms with Gasteiger partial charge in [-0.2, -0.15) is 0 Å². The van der Waals surface area contributed by atoms with Gasteiger partial charge in [0.05, 0.1) is 13.2 Å². The highest BCUT2D eigenvalue weighted by Crippen LogP contribution is 2.32. The smallest absolute Gasteiger partial charge is 0.161 e. The molecule has 0 bridgehead atoms. The molecule has 2 unspecified atom stereocenters. The number of aliphatic hydroxyl groups excluding tert-OH is 1. The fraction of sp³-hybridized carbons (Fsp3) is 0.600. The van der Waals surface area contributed by atoms with Crippen molar-refractivity contribution in [3.8, 4) is 11.5 Å². The summed E-state index contributed by atoms with van der Waals surface area (Å²) in [5.41, 5.74) is 6.94. The van der Waals surface area contributed by atoms with Gasteiger partial charge in [-0.15, -0.1) is 0 Å². The summed E-state index contributed by atoms with van der Waals surface area (Å²) in [5, 5.41) is 12.4. The fourth-order valence-corrected chi connectivity index (χ4v) is 2.32. The largest absolute Gasteiger partial charge is 0.490 e. The van der Waals surface area contributed by atoms with Crippen LogP contribution in [0.25, 0.3) is 0 Å². The van der Waals surface area contributed by atoms with Crippen LogP contribution in [0, 0.1) is 0 Å². The van der Waals surface area contributed by atoms with E-state index in [1.807, 2.05) is 25.1 Å². The summed E-state index contributed by atoms with van der Waals surface area (Å²) in [6.45, 7) is 4.08. The van der Waals surface area contributed by atoms with Crippen LogP contribution in [0.5, 0.6) is 11.5 Å². The maximum absolute atomic E-state index is 8.97. The van der Waals surface area contributed by atoms with Gasteiger partial charge >= 0.3 is 0 Å². The van der Waals surface area contributed by atoms with Gasteiger partial charge < -0.3 is 25.6 Å². The lowest BCUT2D eigenvalue weighted by molar-refractivity contribution is 0.263. The van der Waals surface area contributed by atoms with Crippen molar-refractivity contribution >= 4 is 0 Å². The number of nitrogens with two attached hydrogens (primary N) is 1. The zero-order valence-corrected chi connectivity index (χ0v) is 12.0. The van der Waals surface area contributed by atoms with Crippen molar-refractivity contribution < 1.29 is 14.6 Å². The number of aliphatic hydroxyl groups is 1. The molecule has 0 saturated carbocycles. The first-order chi connectivity index (χ1) is 9.74. The number of hydrogen-bond acceptors (Lipinski definition) is 5.